The lowest BCUT2D eigenvalue weighted by Gasteiger charge is -2.09. The van der Waals surface area contributed by atoms with Crippen molar-refractivity contribution in [3.05, 3.63) is 64.4 Å². The normalized spacial score (nSPS) is 10.2. The fourth-order valence-corrected chi connectivity index (χ4v) is 2.14. The number of nitrogens with one attached hydrogen (secondary N) is 2. The second-order valence-electron chi connectivity index (χ2n) is 4.74. The maximum atomic E-state index is 12.8. The van der Waals surface area contributed by atoms with E-state index in [1.807, 2.05) is 13.0 Å². The molecule has 0 aromatic heterocycles. The van der Waals surface area contributed by atoms with Gasteiger partial charge in [0.05, 0.1) is 10.7 Å². The minimum atomic E-state index is -0.317. The Balaban J connectivity index is 1.81. The molecule has 0 fully saturated rings. The van der Waals surface area contributed by atoms with Gasteiger partial charge in [0.1, 0.15) is 5.82 Å². The first-order valence-corrected chi connectivity index (χ1v) is 6.98. The third kappa shape index (κ3) is 4.76. The van der Waals surface area contributed by atoms with Crippen molar-refractivity contribution >= 4 is 23.3 Å². The average molecular weight is 307 g/mol. The van der Waals surface area contributed by atoms with Crippen LogP contribution in [0, 0.1) is 12.7 Å². The Kier molecular flexibility index (Phi) is 5.17. The monoisotopic (exact) mass is 306 g/mol. The molecular formula is C16H16ClFN2O. The fraction of sp³-hybridized carbons (Fsp3) is 0.188. The van der Waals surface area contributed by atoms with Crippen LogP contribution in [0.15, 0.2) is 42.5 Å². The van der Waals surface area contributed by atoms with E-state index in [-0.39, 0.29) is 11.8 Å². The van der Waals surface area contributed by atoms with E-state index in [2.05, 4.69) is 10.6 Å². The highest BCUT2D eigenvalue weighted by Gasteiger charge is 2.05. The van der Waals surface area contributed by atoms with Gasteiger partial charge in [-0.25, -0.2) is 9.18 Å². The largest absolute Gasteiger partial charge is 0.338 e. The number of benzene rings is 2. The molecule has 3 nitrogen and oxygen atoms in total. The van der Waals surface area contributed by atoms with Crippen LogP contribution in [0.25, 0.3) is 0 Å². The summed E-state index contributed by atoms with van der Waals surface area (Å²) in [5.74, 6) is -0.265. The molecule has 110 valence electrons. The van der Waals surface area contributed by atoms with Crippen LogP contribution in [0.4, 0.5) is 14.9 Å². The van der Waals surface area contributed by atoms with Crippen molar-refractivity contribution in [3.8, 4) is 0 Å². The Morgan fingerprint density at radius 2 is 1.90 bits per heavy atom. The first-order chi connectivity index (χ1) is 10.0. The van der Waals surface area contributed by atoms with Crippen LogP contribution < -0.4 is 10.6 Å². The Morgan fingerprint density at radius 3 is 2.57 bits per heavy atom. The minimum absolute atomic E-state index is 0.265. The molecule has 0 saturated carbocycles. The van der Waals surface area contributed by atoms with E-state index in [4.69, 9.17) is 11.6 Å². The van der Waals surface area contributed by atoms with Gasteiger partial charge < -0.3 is 10.6 Å². The van der Waals surface area contributed by atoms with Gasteiger partial charge in [-0.15, -0.1) is 0 Å². The molecule has 21 heavy (non-hydrogen) atoms. The predicted octanol–water partition coefficient (Wildman–Crippen LogP) is 4.15. The Morgan fingerprint density at radius 1 is 1.19 bits per heavy atom. The first-order valence-electron chi connectivity index (χ1n) is 6.60. The standard InChI is InChI=1S/C16H16ClFN2O/c1-11-2-7-15(14(17)10-11)20-16(21)19-9-8-12-3-5-13(18)6-4-12/h2-7,10H,8-9H2,1H3,(H2,19,20,21). The molecule has 0 heterocycles. The van der Waals surface area contributed by atoms with Gasteiger partial charge in [0.15, 0.2) is 0 Å². The van der Waals surface area contributed by atoms with Gasteiger partial charge in [0.25, 0.3) is 0 Å². The summed E-state index contributed by atoms with van der Waals surface area (Å²) < 4.78 is 12.8. The minimum Gasteiger partial charge on any atom is -0.338 e. The Hall–Kier alpha value is -2.07. The van der Waals surface area contributed by atoms with E-state index < -0.39 is 0 Å². The number of amides is 2. The summed E-state index contributed by atoms with van der Waals surface area (Å²) in [4.78, 5) is 11.8. The molecule has 2 rings (SSSR count). The number of carbonyl (C=O) groups is 1. The number of urea groups is 1. The second kappa shape index (κ2) is 7.09. The summed E-state index contributed by atoms with van der Waals surface area (Å²) in [5.41, 5.74) is 2.56. The highest BCUT2D eigenvalue weighted by Crippen LogP contribution is 2.22. The molecule has 2 aromatic carbocycles. The highest BCUT2D eigenvalue weighted by atomic mass is 35.5. The highest BCUT2D eigenvalue weighted by molar-refractivity contribution is 6.33. The van der Waals surface area contributed by atoms with Crippen LogP contribution in [0.3, 0.4) is 0 Å². The summed E-state index contributed by atoms with van der Waals surface area (Å²) in [6.07, 6.45) is 0.634. The topological polar surface area (TPSA) is 41.1 Å². The van der Waals surface area contributed by atoms with E-state index in [0.29, 0.717) is 23.7 Å². The van der Waals surface area contributed by atoms with Crippen LogP contribution in [-0.2, 0) is 6.42 Å². The van der Waals surface area contributed by atoms with Crippen molar-refractivity contribution < 1.29 is 9.18 Å². The molecule has 0 saturated heterocycles. The van der Waals surface area contributed by atoms with E-state index in [1.54, 1.807) is 24.3 Å². The van der Waals surface area contributed by atoms with Crippen LogP contribution in [0.1, 0.15) is 11.1 Å². The Labute approximate surface area is 128 Å². The van der Waals surface area contributed by atoms with Gasteiger partial charge in [-0.1, -0.05) is 29.8 Å². The lowest BCUT2D eigenvalue weighted by Crippen LogP contribution is -2.30. The molecule has 0 aliphatic heterocycles. The zero-order valence-corrected chi connectivity index (χ0v) is 12.4. The van der Waals surface area contributed by atoms with Crippen molar-refractivity contribution in [3.63, 3.8) is 0 Å². The van der Waals surface area contributed by atoms with E-state index >= 15 is 0 Å². The molecule has 0 unspecified atom stereocenters. The number of aryl methyl sites for hydroxylation is 1. The van der Waals surface area contributed by atoms with Gasteiger partial charge in [-0.2, -0.15) is 0 Å². The maximum Gasteiger partial charge on any atom is 0.319 e. The fourth-order valence-electron chi connectivity index (χ4n) is 1.86. The third-order valence-corrected chi connectivity index (χ3v) is 3.30. The predicted molar refractivity (Wildman–Crippen MR) is 83.3 cm³/mol. The molecule has 0 atom stereocenters. The SMILES string of the molecule is Cc1ccc(NC(=O)NCCc2ccc(F)cc2)c(Cl)c1. The van der Waals surface area contributed by atoms with E-state index in [0.717, 1.165) is 11.1 Å². The lowest BCUT2D eigenvalue weighted by molar-refractivity contribution is 0.252. The van der Waals surface area contributed by atoms with Crippen molar-refractivity contribution in [2.75, 3.05) is 11.9 Å². The molecular weight excluding hydrogens is 291 g/mol. The quantitative estimate of drug-likeness (QED) is 0.875. The number of carbonyl (C=O) groups excluding carboxylic acids is 1. The van der Waals surface area contributed by atoms with Gasteiger partial charge in [-0.3, -0.25) is 0 Å². The molecule has 5 heteroatoms. The molecule has 2 amide bonds. The summed E-state index contributed by atoms with van der Waals surface area (Å²) >= 11 is 6.04. The van der Waals surface area contributed by atoms with Crippen molar-refractivity contribution in [1.29, 1.82) is 0 Å². The molecule has 0 radical (unpaired) electrons. The number of anilines is 1. The number of rotatable bonds is 4. The summed E-state index contributed by atoms with van der Waals surface area (Å²) in [5, 5.41) is 5.93. The van der Waals surface area contributed by atoms with E-state index in [9.17, 15) is 9.18 Å². The summed E-state index contributed by atoms with van der Waals surface area (Å²) in [7, 11) is 0. The molecule has 2 aromatic rings. The Bertz CT molecular complexity index is 629. The van der Waals surface area contributed by atoms with Crippen LogP contribution >= 0.6 is 11.6 Å². The molecule has 0 spiro atoms. The number of hydrogen-bond donors (Lipinski definition) is 2. The lowest BCUT2D eigenvalue weighted by atomic mass is 10.1. The maximum absolute atomic E-state index is 12.8. The van der Waals surface area contributed by atoms with Crippen molar-refractivity contribution in [2.45, 2.75) is 13.3 Å². The van der Waals surface area contributed by atoms with Gasteiger partial charge >= 0.3 is 6.03 Å². The number of halogens is 2. The first kappa shape index (κ1) is 15.3. The van der Waals surface area contributed by atoms with Crippen LogP contribution in [-0.4, -0.2) is 12.6 Å². The van der Waals surface area contributed by atoms with Crippen LogP contribution in [0.2, 0.25) is 5.02 Å². The van der Waals surface area contributed by atoms with Gasteiger partial charge in [0, 0.05) is 6.54 Å². The molecule has 0 bridgehead atoms. The molecule has 0 aliphatic rings. The van der Waals surface area contributed by atoms with E-state index in [1.165, 1.54) is 12.1 Å². The summed E-state index contributed by atoms with van der Waals surface area (Å²) in [6.45, 7) is 2.39. The zero-order valence-electron chi connectivity index (χ0n) is 11.6. The third-order valence-electron chi connectivity index (χ3n) is 2.99. The van der Waals surface area contributed by atoms with Crippen molar-refractivity contribution in [1.82, 2.24) is 5.32 Å². The zero-order chi connectivity index (χ0) is 15.2. The second-order valence-corrected chi connectivity index (χ2v) is 5.15. The number of hydrogen-bond acceptors (Lipinski definition) is 1. The summed E-state index contributed by atoms with van der Waals surface area (Å²) in [6, 6.07) is 11.3. The van der Waals surface area contributed by atoms with Gasteiger partial charge in [0.2, 0.25) is 0 Å². The average Bonchev–Trinajstić information content (AvgIpc) is 2.44. The van der Waals surface area contributed by atoms with Gasteiger partial charge in [-0.05, 0) is 48.7 Å². The molecule has 2 N–H and O–H groups in total. The van der Waals surface area contributed by atoms with Crippen LogP contribution in [0.5, 0.6) is 0 Å². The molecule has 0 aliphatic carbocycles. The smallest absolute Gasteiger partial charge is 0.319 e. The van der Waals surface area contributed by atoms with Crippen molar-refractivity contribution in [2.24, 2.45) is 0 Å².